The molecule has 0 aliphatic heterocycles. The summed E-state index contributed by atoms with van der Waals surface area (Å²) in [5.41, 5.74) is 10.2. The number of hydrogen-bond donors (Lipinski definition) is 2. The maximum Gasteiger partial charge on any atom is 0.129 e. The van der Waals surface area contributed by atoms with Crippen molar-refractivity contribution < 1.29 is 14.6 Å². The largest absolute Gasteiger partial charge is 0.496 e. The van der Waals surface area contributed by atoms with E-state index in [0.717, 1.165) is 44.9 Å². The molecule has 2 aromatic carbocycles. The van der Waals surface area contributed by atoms with Crippen LogP contribution in [-0.2, 0) is 27.3 Å². The van der Waals surface area contributed by atoms with Crippen LogP contribution in [0.15, 0.2) is 24.3 Å². The molecular weight excluding hydrogens is 458 g/mol. The molecule has 0 bridgehead atoms. The van der Waals surface area contributed by atoms with Gasteiger partial charge in [0.25, 0.3) is 0 Å². The molecule has 1 atom stereocenters. The first kappa shape index (κ1) is 31.2. The highest BCUT2D eigenvalue weighted by atomic mass is 16.5. The fourth-order valence-corrected chi connectivity index (χ4v) is 5.06. The molecule has 2 aromatic rings. The van der Waals surface area contributed by atoms with Gasteiger partial charge in [-0.3, -0.25) is 0 Å². The molecule has 2 rings (SSSR count). The topological polar surface area (TPSA) is 64.7 Å². The molecule has 0 aliphatic rings. The summed E-state index contributed by atoms with van der Waals surface area (Å²) in [7, 11) is 3.46. The normalized spacial score (nSPS) is 14.5. The van der Waals surface area contributed by atoms with Gasteiger partial charge in [0.05, 0.1) is 14.2 Å². The standard InChI is InChI=1S/C33H53NO3/c1-20(34)33(35,21-16-23(29(2,3)4)27(36-14)24(17-21)30(5,6)7)22-18-25(31(8,9)10)28(37-15)26(19-22)32(11,12)13/h16-20,35H,34H2,1-15H3/t20-/m0/s1. The van der Waals surface area contributed by atoms with Gasteiger partial charge in [-0.2, -0.15) is 0 Å². The molecule has 0 aliphatic carbocycles. The maximum atomic E-state index is 12.7. The van der Waals surface area contributed by atoms with E-state index >= 15 is 0 Å². The van der Waals surface area contributed by atoms with Crippen LogP contribution in [0.5, 0.6) is 11.5 Å². The van der Waals surface area contributed by atoms with Crippen LogP contribution in [0.25, 0.3) is 0 Å². The molecule has 0 spiro atoms. The van der Waals surface area contributed by atoms with Gasteiger partial charge in [-0.05, 0) is 64.0 Å². The molecule has 0 saturated heterocycles. The highest BCUT2D eigenvalue weighted by Gasteiger charge is 2.41. The molecular formula is C33H53NO3. The van der Waals surface area contributed by atoms with E-state index in [4.69, 9.17) is 15.2 Å². The maximum absolute atomic E-state index is 12.7. The van der Waals surface area contributed by atoms with Crippen LogP contribution in [0.4, 0.5) is 0 Å². The van der Waals surface area contributed by atoms with Gasteiger partial charge in [0.1, 0.15) is 17.1 Å². The highest BCUT2D eigenvalue weighted by Crippen LogP contribution is 2.47. The van der Waals surface area contributed by atoms with Crippen LogP contribution in [0, 0.1) is 0 Å². The summed E-state index contributed by atoms with van der Waals surface area (Å²) in [6.07, 6.45) is 0. The summed E-state index contributed by atoms with van der Waals surface area (Å²) in [6.45, 7) is 28.0. The predicted octanol–water partition coefficient (Wildman–Crippen LogP) is 7.48. The van der Waals surface area contributed by atoms with E-state index in [1.807, 2.05) is 6.92 Å². The fraction of sp³-hybridized carbons (Fsp3) is 0.636. The van der Waals surface area contributed by atoms with E-state index in [9.17, 15) is 5.11 Å². The Bertz CT molecular complexity index is 963. The van der Waals surface area contributed by atoms with Crippen molar-refractivity contribution in [3.05, 3.63) is 57.6 Å². The predicted molar refractivity (Wildman–Crippen MR) is 157 cm³/mol. The second kappa shape index (κ2) is 9.93. The first-order valence-electron chi connectivity index (χ1n) is 13.5. The van der Waals surface area contributed by atoms with Crippen LogP contribution in [0.1, 0.15) is 123 Å². The van der Waals surface area contributed by atoms with Crippen LogP contribution in [0.2, 0.25) is 0 Å². The van der Waals surface area contributed by atoms with Crippen LogP contribution < -0.4 is 15.2 Å². The van der Waals surface area contributed by atoms with E-state index in [1.54, 1.807) is 14.2 Å². The number of rotatable bonds is 5. The molecule has 208 valence electrons. The molecule has 37 heavy (non-hydrogen) atoms. The van der Waals surface area contributed by atoms with Crippen molar-refractivity contribution in [1.82, 2.24) is 0 Å². The van der Waals surface area contributed by atoms with Crippen molar-refractivity contribution in [3.8, 4) is 11.5 Å². The third kappa shape index (κ3) is 6.01. The molecule has 0 amide bonds. The van der Waals surface area contributed by atoms with Crippen molar-refractivity contribution in [2.75, 3.05) is 14.2 Å². The van der Waals surface area contributed by atoms with Gasteiger partial charge in [-0.15, -0.1) is 0 Å². The number of nitrogens with two attached hydrogens (primary N) is 1. The lowest BCUT2D eigenvalue weighted by molar-refractivity contribution is 0.0571. The van der Waals surface area contributed by atoms with Gasteiger partial charge < -0.3 is 20.3 Å². The van der Waals surface area contributed by atoms with Gasteiger partial charge >= 0.3 is 0 Å². The van der Waals surface area contributed by atoms with E-state index < -0.39 is 11.6 Å². The van der Waals surface area contributed by atoms with Gasteiger partial charge in [-0.1, -0.05) is 83.1 Å². The Morgan fingerprint density at radius 2 is 0.784 bits per heavy atom. The Labute approximate surface area is 227 Å². The minimum atomic E-state index is -1.43. The number of benzene rings is 2. The second-order valence-corrected chi connectivity index (χ2v) is 14.8. The lowest BCUT2D eigenvalue weighted by atomic mass is 9.71. The summed E-state index contributed by atoms with van der Waals surface area (Å²) < 4.78 is 12.0. The molecule has 0 aromatic heterocycles. The zero-order chi connectivity index (χ0) is 28.9. The minimum absolute atomic E-state index is 0.201. The minimum Gasteiger partial charge on any atom is -0.496 e. The van der Waals surface area contributed by atoms with E-state index in [-0.39, 0.29) is 21.7 Å². The third-order valence-corrected chi connectivity index (χ3v) is 7.36. The quantitative estimate of drug-likeness (QED) is 0.437. The number of methoxy groups -OCH3 is 2. The SMILES string of the molecule is COc1c(C(C)(C)C)cc(C(O)(c2cc(C(C)(C)C)c(OC)c(C(C)(C)C)c2)[C@H](C)N)cc1C(C)(C)C. The van der Waals surface area contributed by atoms with Crippen molar-refractivity contribution in [3.63, 3.8) is 0 Å². The van der Waals surface area contributed by atoms with Crippen molar-refractivity contribution >= 4 is 0 Å². The Morgan fingerprint density at radius 1 is 0.568 bits per heavy atom. The Kier molecular flexibility index (Phi) is 8.37. The zero-order valence-electron chi connectivity index (χ0n) is 26.2. The van der Waals surface area contributed by atoms with Crippen LogP contribution in [0.3, 0.4) is 0 Å². The van der Waals surface area contributed by atoms with Crippen molar-refractivity contribution in [2.45, 2.75) is 123 Å². The van der Waals surface area contributed by atoms with Crippen molar-refractivity contribution in [1.29, 1.82) is 0 Å². The van der Waals surface area contributed by atoms with Crippen molar-refractivity contribution in [2.24, 2.45) is 5.73 Å². The van der Waals surface area contributed by atoms with Gasteiger partial charge in [0.2, 0.25) is 0 Å². The molecule has 0 heterocycles. The fourth-order valence-electron chi connectivity index (χ4n) is 5.06. The number of ether oxygens (including phenoxy) is 2. The highest BCUT2D eigenvalue weighted by molar-refractivity contribution is 5.57. The summed E-state index contributed by atoms with van der Waals surface area (Å²) in [5, 5.41) is 12.7. The van der Waals surface area contributed by atoms with Gasteiger partial charge in [-0.25, -0.2) is 0 Å². The molecule has 0 unspecified atom stereocenters. The average molecular weight is 512 g/mol. The second-order valence-electron chi connectivity index (χ2n) is 14.8. The first-order valence-corrected chi connectivity index (χ1v) is 13.5. The first-order chi connectivity index (χ1) is 16.5. The smallest absolute Gasteiger partial charge is 0.129 e. The molecule has 0 fully saturated rings. The molecule has 0 saturated carbocycles. The van der Waals surface area contributed by atoms with E-state index in [2.05, 4.69) is 107 Å². The number of aliphatic hydroxyl groups is 1. The molecule has 4 nitrogen and oxygen atoms in total. The Hall–Kier alpha value is -2.04. The Morgan fingerprint density at radius 3 is 0.919 bits per heavy atom. The summed E-state index contributed by atoms with van der Waals surface area (Å²) in [6, 6.07) is 7.80. The van der Waals surface area contributed by atoms with Gasteiger partial charge in [0, 0.05) is 28.3 Å². The lowest BCUT2D eigenvalue weighted by Gasteiger charge is -2.39. The van der Waals surface area contributed by atoms with Gasteiger partial charge in [0.15, 0.2) is 0 Å². The Balaban J connectivity index is 3.14. The summed E-state index contributed by atoms with van der Waals surface area (Å²) in [5.74, 6) is 1.74. The summed E-state index contributed by atoms with van der Waals surface area (Å²) >= 11 is 0. The third-order valence-electron chi connectivity index (χ3n) is 7.36. The van der Waals surface area contributed by atoms with E-state index in [0.29, 0.717) is 0 Å². The van der Waals surface area contributed by atoms with E-state index in [1.165, 1.54) is 0 Å². The molecule has 4 heteroatoms. The monoisotopic (exact) mass is 511 g/mol. The lowest BCUT2D eigenvalue weighted by Crippen LogP contribution is -2.45. The van der Waals surface area contributed by atoms with Crippen LogP contribution in [-0.4, -0.2) is 25.4 Å². The molecule has 0 radical (unpaired) electrons. The average Bonchev–Trinajstić information content (AvgIpc) is 2.73. The van der Waals surface area contributed by atoms with Crippen LogP contribution >= 0.6 is 0 Å². The zero-order valence-corrected chi connectivity index (χ0v) is 26.2. The number of hydrogen-bond acceptors (Lipinski definition) is 4. The summed E-state index contributed by atoms with van der Waals surface area (Å²) in [4.78, 5) is 0. The molecule has 3 N–H and O–H groups in total.